The quantitative estimate of drug-likeness (QED) is 0.757. The SMILES string of the molecule is CN(CCc1ccncc1)c1ccc(CCl)c(Br)c1. The number of hydrogen-bond acceptors (Lipinski definition) is 2. The van der Waals surface area contributed by atoms with Gasteiger partial charge in [-0.25, -0.2) is 0 Å². The minimum atomic E-state index is 0.529. The lowest BCUT2D eigenvalue weighted by Crippen LogP contribution is -2.20. The smallest absolute Gasteiger partial charge is 0.0485 e. The number of anilines is 1. The van der Waals surface area contributed by atoms with Gasteiger partial charge in [-0.2, -0.15) is 0 Å². The van der Waals surface area contributed by atoms with Crippen LogP contribution in [0, 0.1) is 0 Å². The van der Waals surface area contributed by atoms with Gasteiger partial charge in [-0.1, -0.05) is 22.0 Å². The molecule has 1 aromatic heterocycles. The molecular weight excluding hydrogens is 324 g/mol. The lowest BCUT2D eigenvalue weighted by Gasteiger charge is -2.20. The molecule has 1 heterocycles. The van der Waals surface area contributed by atoms with Crippen LogP contribution in [0.15, 0.2) is 47.2 Å². The molecule has 0 aliphatic carbocycles. The summed E-state index contributed by atoms with van der Waals surface area (Å²) < 4.78 is 1.07. The Hall–Kier alpha value is -1.06. The monoisotopic (exact) mass is 338 g/mol. The summed E-state index contributed by atoms with van der Waals surface area (Å²) >= 11 is 9.41. The first-order chi connectivity index (χ1) is 9.20. The predicted molar refractivity (Wildman–Crippen MR) is 84.9 cm³/mol. The van der Waals surface area contributed by atoms with Gasteiger partial charge in [0.1, 0.15) is 0 Å². The van der Waals surface area contributed by atoms with Gasteiger partial charge in [-0.15, -0.1) is 11.6 Å². The van der Waals surface area contributed by atoms with Crippen molar-refractivity contribution < 1.29 is 0 Å². The maximum atomic E-state index is 5.86. The number of halogens is 2. The van der Waals surface area contributed by atoms with Gasteiger partial charge in [0, 0.05) is 42.0 Å². The number of rotatable bonds is 5. The molecule has 0 unspecified atom stereocenters. The Morgan fingerprint density at radius 3 is 2.58 bits per heavy atom. The Kier molecular flexibility index (Phi) is 5.23. The molecule has 4 heteroatoms. The summed E-state index contributed by atoms with van der Waals surface area (Å²) in [7, 11) is 2.10. The third-order valence-electron chi connectivity index (χ3n) is 3.11. The third-order valence-corrected chi connectivity index (χ3v) is 4.13. The molecule has 0 aliphatic heterocycles. The van der Waals surface area contributed by atoms with Crippen LogP contribution in [0.5, 0.6) is 0 Å². The van der Waals surface area contributed by atoms with Crippen LogP contribution in [0.3, 0.4) is 0 Å². The van der Waals surface area contributed by atoms with Crippen molar-refractivity contribution in [3.63, 3.8) is 0 Å². The third kappa shape index (κ3) is 3.95. The minimum absolute atomic E-state index is 0.529. The second-order valence-electron chi connectivity index (χ2n) is 4.44. The van der Waals surface area contributed by atoms with E-state index in [9.17, 15) is 0 Å². The summed E-state index contributed by atoms with van der Waals surface area (Å²) in [6.45, 7) is 0.969. The van der Waals surface area contributed by atoms with Crippen molar-refractivity contribution >= 4 is 33.2 Å². The van der Waals surface area contributed by atoms with Gasteiger partial charge in [0.25, 0.3) is 0 Å². The van der Waals surface area contributed by atoms with Crippen molar-refractivity contribution in [3.8, 4) is 0 Å². The highest BCUT2D eigenvalue weighted by atomic mass is 79.9. The average molecular weight is 340 g/mol. The molecule has 2 aromatic rings. The Morgan fingerprint density at radius 2 is 1.95 bits per heavy atom. The molecule has 0 spiro atoms. The molecule has 0 amide bonds. The van der Waals surface area contributed by atoms with Crippen molar-refractivity contribution in [2.24, 2.45) is 0 Å². The molecule has 0 atom stereocenters. The fourth-order valence-corrected chi connectivity index (χ4v) is 2.76. The van der Waals surface area contributed by atoms with E-state index in [1.54, 1.807) is 0 Å². The van der Waals surface area contributed by atoms with Gasteiger partial charge in [0.2, 0.25) is 0 Å². The van der Waals surface area contributed by atoms with Crippen LogP contribution >= 0.6 is 27.5 Å². The summed E-state index contributed by atoms with van der Waals surface area (Å²) in [5.41, 5.74) is 3.61. The molecule has 0 bridgehead atoms. The zero-order valence-electron chi connectivity index (χ0n) is 10.8. The molecule has 2 rings (SSSR count). The number of alkyl halides is 1. The highest BCUT2D eigenvalue weighted by molar-refractivity contribution is 9.10. The van der Waals surface area contributed by atoms with Crippen molar-refractivity contribution in [1.29, 1.82) is 0 Å². The largest absolute Gasteiger partial charge is 0.374 e. The van der Waals surface area contributed by atoms with Gasteiger partial charge in [0.15, 0.2) is 0 Å². The van der Waals surface area contributed by atoms with Crippen molar-refractivity contribution in [2.45, 2.75) is 12.3 Å². The first-order valence-electron chi connectivity index (χ1n) is 6.15. The Balaban J connectivity index is 2.00. The maximum Gasteiger partial charge on any atom is 0.0485 e. The van der Waals surface area contributed by atoms with Crippen LogP contribution in [0.1, 0.15) is 11.1 Å². The van der Waals surface area contributed by atoms with Gasteiger partial charge in [0.05, 0.1) is 0 Å². The Bertz CT molecular complexity index is 531. The minimum Gasteiger partial charge on any atom is -0.374 e. The highest BCUT2D eigenvalue weighted by Gasteiger charge is 2.05. The summed E-state index contributed by atoms with van der Waals surface area (Å²) in [6.07, 6.45) is 4.68. The van der Waals surface area contributed by atoms with Crippen molar-refractivity contribution in [2.75, 3.05) is 18.5 Å². The van der Waals surface area contributed by atoms with Crippen LogP contribution in [-0.2, 0) is 12.3 Å². The number of likely N-dealkylation sites (N-methyl/N-ethyl adjacent to an activating group) is 1. The molecule has 1 aromatic carbocycles. The highest BCUT2D eigenvalue weighted by Crippen LogP contribution is 2.24. The second kappa shape index (κ2) is 6.92. The molecule has 0 fully saturated rings. The second-order valence-corrected chi connectivity index (χ2v) is 5.56. The van der Waals surface area contributed by atoms with Gasteiger partial charge < -0.3 is 4.90 Å². The topological polar surface area (TPSA) is 16.1 Å². The first-order valence-corrected chi connectivity index (χ1v) is 7.48. The molecule has 0 saturated heterocycles. The summed E-state index contributed by atoms with van der Waals surface area (Å²) in [4.78, 5) is 6.27. The number of benzene rings is 1. The molecule has 2 nitrogen and oxygen atoms in total. The van der Waals surface area contributed by atoms with Crippen molar-refractivity contribution in [3.05, 3.63) is 58.3 Å². The van der Waals surface area contributed by atoms with Crippen LogP contribution in [0.25, 0.3) is 0 Å². The first kappa shape index (κ1) is 14.4. The number of pyridine rings is 1. The van der Waals surface area contributed by atoms with E-state index < -0.39 is 0 Å². The fourth-order valence-electron chi connectivity index (χ4n) is 1.86. The van der Waals surface area contributed by atoms with E-state index in [0.717, 1.165) is 23.0 Å². The van der Waals surface area contributed by atoms with E-state index in [4.69, 9.17) is 11.6 Å². The van der Waals surface area contributed by atoms with E-state index in [1.807, 2.05) is 12.4 Å². The lowest BCUT2D eigenvalue weighted by atomic mass is 10.1. The normalized spacial score (nSPS) is 10.5. The van der Waals surface area contributed by atoms with E-state index in [2.05, 4.69) is 63.2 Å². The maximum absolute atomic E-state index is 5.86. The summed E-state index contributed by atoms with van der Waals surface area (Å²) in [5.74, 6) is 0.529. The molecular formula is C15H16BrClN2. The van der Waals surface area contributed by atoms with Crippen LogP contribution in [0.2, 0.25) is 0 Å². The summed E-state index contributed by atoms with van der Waals surface area (Å²) in [6, 6.07) is 10.4. The van der Waals surface area contributed by atoms with Crippen LogP contribution < -0.4 is 4.90 Å². The number of nitrogens with zero attached hydrogens (tertiary/aromatic N) is 2. The van der Waals surface area contributed by atoms with Crippen molar-refractivity contribution in [1.82, 2.24) is 4.98 Å². The van der Waals surface area contributed by atoms with E-state index in [1.165, 1.54) is 11.3 Å². The van der Waals surface area contributed by atoms with Gasteiger partial charge >= 0.3 is 0 Å². The van der Waals surface area contributed by atoms with E-state index >= 15 is 0 Å². The van der Waals surface area contributed by atoms with Crippen LogP contribution in [-0.4, -0.2) is 18.6 Å². The average Bonchev–Trinajstić information content (AvgIpc) is 2.45. The molecule has 0 saturated carbocycles. The van der Waals surface area contributed by atoms with E-state index in [0.29, 0.717) is 5.88 Å². The fraction of sp³-hybridized carbons (Fsp3) is 0.267. The van der Waals surface area contributed by atoms with E-state index in [-0.39, 0.29) is 0 Å². The number of hydrogen-bond donors (Lipinski definition) is 0. The lowest BCUT2D eigenvalue weighted by molar-refractivity contribution is 0.874. The molecule has 0 N–H and O–H groups in total. The standard InChI is InChI=1S/C15H16BrClN2/c1-19(9-6-12-4-7-18-8-5-12)14-3-2-13(11-17)15(16)10-14/h2-5,7-8,10H,6,9,11H2,1H3. The molecule has 0 aliphatic rings. The zero-order valence-corrected chi connectivity index (χ0v) is 13.2. The Labute approximate surface area is 127 Å². The molecule has 100 valence electrons. The Morgan fingerprint density at radius 1 is 1.21 bits per heavy atom. The molecule has 0 radical (unpaired) electrons. The summed E-state index contributed by atoms with van der Waals surface area (Å²) in [5, 5.41) is 0. The van der Waals surface area contributed by atoms with Crippen LogP contribution in [0.4, 0.5) is 5.69 Å². The predicted octanol–water partition coefficient (Wildman–Crippen LogP) is 4.26. The molecule has 19 heavy (non-hydrogen) atoms. The van der Waals surface area contributed by atoms with Gasteiger partial charge in [-0.3, -0.25) is 4.98 Å². The van der Waals surface area contributed by atoms with Gasteiger partial charge in [-0.05, 0) is 41.8 Å². The number of aromatic nitrogens is 1. The zero-order chi connectivity index (χ0) is 13.7.